The van der Waals surface area contributed by atoms with Crippen molar-refractivity contribution < 1.29 is 13.9 Å². The van der Waals surface area contributed by atoms with Crippen LogP contribution in [0.15, 0.2) is 28.7 Å². The first-order valence-electron chi connectivity index (χ1n) is 7.62. The average molecular weight is 319 g/mol. The lowest BCUT2D eigenvalue weighted by atomic mass is 9.99. The first-order chi connectivity index (χ1) is 10.7. The number of thiophene rings is 1. The number of rotatable bonds is 4. The fourth-order valence-corrected chi connectivity index (χ4v) is 3.87. The number of likely N-dealkylation sites (tertiary alicyclic amines) is 1. The van der Waals surface area contributed by atoms with Gasteiger partial charge < -0.3 is 14.1 Å². The molecule has 0 spiro atoms. The molecule has 118 valence electrons. The number of hydrogen-bond acceptors (Lipinski definition) is 4. The van der Waals surface area contributed by atoms with E-state index in [0.717, 1.165) is 53.8 Å². The third-order valence-corrected chi connectivity index (χ3v) is 5.10. The van der Waals surface area contributed by atoms with Crippen molar-refractivity contribution in [2.24, 2.45) is 5.92 Å². The topological polar surface area (TPSA) is 42.7 Å². The maximum Gasteiger partial charge on any atom is 0.263 e. The van der Waals surface area contributed by atoms with Crippen LogP contribution in [-0.2, 0) is 4.74 Å². The molecule has 0 aliphatic carbocycles. The third kappa shape index (κ3) is 3.25. The highest BCUT2D eigenvalue weighted by Gasteiger charge is 2.25. The van der Waals surface area contributed by atoms with Crippen molar-refractivity contribution in [3.05, 3.63) is 34.9 Å². The third-order valence-electron chi connectivity index (χ3n) is 4.01. The molecule has 3 rings (SSSR count). The van der Waals surface area contributed by atoms with Gasteiger partial charge in [-0.25, -0.2) is 0 Å². The zero-order valence-electron chi connectivity index (χ0n) is 13.0. The van der Waals surface area contributed by atoms with Crippen molar-refractivity contribution in [2.75, 3.05) is 26.8 Å². The molecule has 1 amide bonds. The number of amides is 1. The number of carbonyl (C=O) groups excluding carboxylic acids is 1. The number of piperidine rings is 1. The molecule has 1 saturated heterocycles. The number of aryl methyl sites for hydroxylation is 1. The zero-order valence-corrected chi connectivity index (χ0v) is 13.8. The van der Waals surface area contributed by atoms with Gasteiger partial charge in [-0.1, -0.05) is 0 Å². The van der Waals surface area contributed by atoms with Gasteiger partial charge in [0.2, 0.25) is 0 Å². The molecule has 1 fully saturated rings. The number of carbonyl (C=O) groups is 1. The summed E-state index contributed by atoms with van der Waals surface area (Å²) in [4.78, 5) is 16.4. The van der Waals surface area contributed by atoms with Crippen LogP contribution in [0.1, 0.15) is 28.3 Å². The number of nitrogens with zero attached hydrogens (tertiary/aromatic N) is 1. The van der Waals surface area contributed by atoms with Crippen LogP contribution in [0.5, 0.6) is 0 Å². The molecule has 0 bridgehead atoms. The Morgan fingerprint density at radius 1 is 1.41 bits per heavy atom. The molecule has 1 aliphatic rings. The summed E-state index contributed by atoms with van der Waals surface area (Å²) < 4.78 is 10.9. The van der Waals surface area contributed by atoms with Gasteiger partial charge in [-0.2, -0.15) is 0 Å². The molecule has 3 heterocycles. The Balaban J connectivity index is 1.71. The highest BCUT2D eigenvalue weighted by molar-refractivity contribution is 7.17. The molecule has 0 saturated carbocycles. The second kappa shape index (κ2) is 6.67. The minimum atomic E-state index is 0.125. The molecule has 4 nitrogen and oxygen atoms in total. The summed E-state index contributed by atoms with van der Waals surface area (Å²) in [5, 5.41) is 0. The van der Waals surface area contributed by atoms with Crippen molar-refractivity contribution in [3.63, 3.8) is 0 Å². The fraction of sp³-hybridized carbons (Fsp3) is 0.471. The molecule has 1 atom stereocenters. The molecule has 22 heavy (non-hydrogen) atoms. The summed E-state index contributed by atoms with van der Waals surface area (Å²) in [6.07, 6.45) is 2.19. The van der Waals surface area contributed by atoms with Crippen molar-refractivity contribution in [1.29, 1.82) is 0 Å². The zero-order chi connectivity index (χ0) is 15.5. The Kier molecular flexibility index (Phi) is 4.64. The van der Waals surface area contributed by atoms with Crippen LogP contribution >= 0.6 is 11.3 Å². The van der Waals surface area contributed by atoms with Crippen molar-refractivity contribution in [3.8, 4) is 10.6 Å². The van der Waals surface area contributed by atoms with Crippen LogP contribution in [0.2, 0.25) is 0 Å². The van der Waals surface area contributed by atoms with Crippen LogP contribution in [0.4, 0.5) is 0 Å². The van der Waals surface area contributed by atoms with Crippen LogP contribution in [-0.4, -0.2) is 37.6 Å². The van der Waals surface area contributed by atoms with Gasteiger partial charge in [-0.3, -0.25) is 4.79 Å². The second-order valence-corrected chi connectivity index (χ2v) is 6.87. The highest BCUT2D eigenvalue weighted by Crippen LogP contribution is 2.31. The number of methoxy groups -OCH3 is 1. The van der Waals surface area contributed by atoms with Crippen molar-refractivity contribution in [1.82, 2.24) is 4.90 Å². The SMILES string of the molecule is COCC1CCCN(C(=O)c2ccc(-c3ccc(C)o3)s2)C1. The number of furan rings is 1. The van der Waals surface area contributed by atoms with E-state index in [1.54, 1.807) is 7.11 Å². The molecule has 2 aromatic heterocycles. The van der Waals surface area contributed by atoms with E-state index in [4.69, 9.17) is 9.15 Å². The van der Waals surface area contributed by atoms with Gasteiger partial charge in [0.15, 0.2) is 0 Å². The molecular weight excluding hydrogens is 298 g/mol. The lowest BCUT2D eigenvalue weighted by Crippen LogP contribution is -2.40. The lowest BCUT2D eigenvalue weighted by Gasteiger charge is -2.32. The monoisotopic (exact) mass is 319 g/mol. The highest BCUT2D eigenvalue weighted by atomic mass is 32.1. The normalized spacial score (nSPS) is 18.6. The lowest BCUT2D eigenvalue weighted by molar-refractivity contribution is 0.0575. The second-order valence-electron chi connectivity index (χ2n) is 5.79. The van der Waals surface area contributed by atoms with Gasteiger partial charge >= 0.3 is 0 Å². The van der Waals surface area contributed by atoms with E-state index in [2.05, 4.69) is 0 Å². The van der Waals surface area contributed by atoms with Gasteiger partial charge in [0, 0.05) is 20.2 Å². The largest absolute Gasteiger partial charge is 0.461 e. The molecule has 0 radical (unpaired) electrons. The van der Waals surface area contributed by atoms with E-state index in [1.807, 2.05) is 36.1 Å². The maximum atomic E-state index is 12.7. The van der Waals surface area contributed by atoms with Gasteiger partial charge in [0.1, 0.15) is 11.5 Å². The smallest absolute Gasteiger partial charge is 0.263 e. The summed E-state index contributed by atoms with van der Waals surface area (Å²) in [5.41, 5.74) is 0. The van der Waals surface area contributed by atoms with E-state index in [9.17, 15) is 4.79 Å². The number of ether oxygens (including phenoxy) is 1. The minimum absolute atomic E-state index is 0.125. The van der Waals surface area contributed by atoms with Crippen molar-refractivity contribution >= 4 is 17.2 Å². The molecule has 0 N–H and O–H groups in total. The Morgan fingerprint density at radius 2 is 2.27 bits per heavy atom. The molecule has 1 aliphatic heterocycles. The Labute approximate surface area is 134 Å². The summed E-state index contributed by atoms with van der Waals surface area (Å²) in [5.74, 6) is 2.29. The average Bonchev–Trinajstić information content (AvgIpc) is 3.16. The summed E-state index contributed by atoms with van der Waals surface area (Å²) >= 11 is 1.50. The van der Waals surface area contributed by atoms with Gasteiger partial charge in [0.25, 0.3) is 5.91 Å². The van der Waals surface area contributed by atoms with Gasteiger partial charge in [0.05, 0.1) is 16.4 Å². The standard InChI is InChI=1S/C17H21NO3S/c1-12-5-6-14(21-12)15-7-8-16(22-15)17(19)18-9-3-4-13(10-18)11-20-2/h5-8,13H,3-4,9-11H2,1-2H3. The first-order valence-corrected chi connectivity index (χ1v) is 8.44. The molecular formula is C17H21NO3S. The molecule has 0 aromatic carbocycles. The van der Waals surface area contributed by atoms with Gasteiger partial charge in [-0.05, 0) is 49.9 Å². The van der Waals surface area contributed by atoms with Gasteiger partial charge in [-0.15, -0.1) is 11.3 Å². The number of hydrogen-bond donors (Lipinski definition) is 0. The van der Waals surface area contributed by atoms with E-state index in [1.165, 1.54) is 11.3 Å². The molecule has 2 aromatic rings. The Bertz CT molecular complexity index is 644. The van der Waals surface area contributed by atoms with Crippen LogP contribution < -0.4 is 0 Å². The Morgan fingerprint density at radius 3 is 3.00 bits per heavy atom. The first kappa shape index (κ1) is 15.3. The maximum absolute atomic E-state index is 12.7. The minimum Gasteiger partial charge on any atom is -0.461 e. The predicted molar refractivity (Wildman–Crippen MR) is 87.3 cm³/mol. The summed E-state index contributed by atoms with van der Waals surface area (Å²) in [7, 11) is 1.72. The van der Waals surface area contributed by atoms with E-state index in [0.29, 0.717) is 5.92 Å². The Hall–Kier alpha value is -1.59. The summed E-state index contributed by atoms with van der Waals surface area (Å²) in [6, 6.07) is 7.76. The summed E-state index contributed by atoms with van der Waals surface area (Å²) in [6.45, 7) is 4.28. The molecule has 5 heteroatoms. The predicted octanol–water partition coefficient (Wildman–Crippen LogP) is 3.82. The van der Waals surface area contributed by atoms with E-state index < -0.39 is 0 Å². The quantitative estimate of drug-likeness (QED) is 0.860. The van der Waals surface area contributed by atoms with E-state index >= 15 is 0 Å². The molecule has 1 unspecified atom stereocenters. The fourth-order valence-electron chi connectivity index (χ4n) is 2.93. The van der Waals surface area contributed by atoms with Crippen LogP contribution in [0.25, 0.3) is 10.6 Å². The van der Waals surface area contributed by atoms with E-state index in [-0.39, 0.29) is 5.91 Å². The van der Waals surface area contributed by atoms with Crippen molar-refractivity contribution in [2.45, 2.75) is 19.8 Å². The van der Waals surface area contributed by atoms with Crippen LogP contribution in [0, 0.1) is 12.8 Å². The van der Waals surface area contributed by atoms with Crippen LogP contribution in [0.3, 0.4) is 0 Å².